The van der Waals surface area contributed by atoms with Crippen LogP contribution in [0.5, 0.6) is 0 Å². The van der Waals surface area contributed by atoms with E-state index in [1.54, 1.807) is 0 Å². The highest BCUT2D eigenvalue weighted by Gasteiger charge is 2.35. The molecule has 1 saturated carbocycles. The minimum absolute atomic E-state index is 0.0773. The molecule has 0 aromatic rings. The fourth-order valence-corrected chi connectivity index (χ4v) is 2.79. The summed E-state index contributed by atoms with van der Waals surface area (Å²) in [4.78, 5) is 25.0. The van der Waals surface area contributed by atoms with Crippen LogP contribution in [0.15, 0.2) is 0 Å². The fourth-order valence-electron chi connectivity index (χ4n) is 2.79. The standard InChI is InChI=1S/C12H24N4O2/c1-8(2)11(12(18)15-14)16(7-10(13)17)9-5-3-4-6-9/h8-9,11H,3-7,14H2,1-2H3,(H2,13,17)(H,15,18). The number of amides is 2. The smallest absolute Gasteiger partial charge is 0.251 e. The number of hydrogen-bond acceptors (Lipinski definition) is 4. The topological polar surface area (TPSA) is 101 Å². The number of nitrogens with zero attached hydrogens (tertiary/aromatic N) is 1. The second kappa shape index (κ2) is 6.70. The monoisotopic (exact) mass is 256 g/mol. The molecule has 1 rings (SSSR count). The Labute approximate surface area is 108 Å². The van der Waals surface area contributed by atoms with Crippen LogP contribution in [-0.2, 0) is 9.59 Å². The van der Waals surface area contributed by atoms with Gasteiger partial charge in [0.25, 0.3) is 5.91 Å². The Kier molecular flexibility index (Phi) is 5.55. The van der Waals surface area contributed by atoms with E-state index in [0.29, 0.717) is 0 Å². The first-order chi connectivity index (χ1) is 8.47. The van der Waals surface area contributed by atoms with E-state index in [9.17, 15) is 9.59 Å². The largest absolute Gasteiger partial charge is 0.369 e. The van der Waals surface area contributed by atoms with E-state index in [2.05, 4.69) is 5.43 Å². The lowest BCUT2D eigenvalue weighted by Crippen LogP contribution is -2.56. The molecule has 1 unspecified atom stereocenters. The van der Waals surface area contributed by atoms with Gasteiger partial charge in [-0.15, -0.1) is 0 Å². The number of primary amides is 1. The molecule has 0 aromatic heterocycles. The summed E-state index contributed by atoms with van der Waals surface area (Å²) in [5.74, 6) is 4.66. The van der Waals surface area contributed by atoms with E-state index in [4.69, 9.17) is 11.6 Å². The lowest BCUT2D eigenvalue weighted by atomic mass is 9.99. The van der Waals surface area contributed by atoms with Gasteiger partial charge in [0, 0.05) is 6.04 Å². The summed E-state index contributed by atoms with van der Waals surface area (Å²) in [6.07, 6.45) is 4.28. The average molecular weight is 256 g/mol. The zero-order valence-corrected chi connectivity index (χ0v) is 11.2. The summed E-state index contributed by atoms with van der Waals surface area (Å²) >= 11 is 0. The number of hydrazine groups is 1. The molecule has 1 fully saturated rings. The van der Waals surface area contributed by atoms with Crippen molar-refractivity contribution in [1.82, 2.24) is 10.3 Å². The molecule has 0 heterocycles. The van der Waals surface area contributed by atoms with E-state index >= 15 is 0 Å². The van der Waals surface area contributed by atoms with Gasteiger partial charge in [0.05, 0.1) is 12.6 Å². The molecule has 0 bridgehead atoms. The van der Waals surface area contributed by atoms with Crippen molar-refractivity contribution in [3.05, 3.63) is 0 Å². The molecule has 5 N–H and O–H groups in total. The van der Waals surface area contributed by atoms with Crippen LogP contribution in [0.25, 0.3) is 0 Å². The van der Waals surface area contributed by atoms with Crippen LogP contribution < -0.4 is 17.0 Å². The number of carbonyl (C=O) groups is 2. The predicted octanol–water partition coefficient (Wildman–Crippen LogP) is -0.269. The van der Waals surface area contributed by atoms with E-state index in [0.717, 1.165) is 25.7 Å². The van der Waals surface area contributed by atoms with Crippen molar-refractivity contribution in [2.45, 2.75) is 51.6 Å². The molecule has 1 atom stereocenters. The fraction of sp³-hybridized carbons (Fsp3) is 0.833. The highest BCUT2D eigenvalue weighted by Crippen LogP contribution is 2.27. The molecule has 1 aliphatic carbocycles. The van der Waals surface area contributed by atoms with Gasteiger partial charge in [0.2, 0.25) is 5.91 Å². The lowest BCUT2D eigenvalue weighted by molar-refractivity contribution is -0.131. The zero-order valence-electron chi connectivity index (χ0n) is 11.2. The Hall–Kier alpha value is -1.14. The molecule has 104 valence electrons. The minimum Gasteiger partial charge on any atom is -0.369 e. The summed E-state index contributed by atoms with van der Waals surface area (Å²) < 4.78 is 0. The van der Waals surface area contributed by atoms with Gasteiger partial charge in [-0.1, -0.05) is 26.7 Å². The molecule has 18 heavy (non-hydrogen) atoms. The summed E-state index contributed by atoms with van der Waals surface area (Å²) in [6, 6.07) is -0.146. The van der Waals surface area contributed by atoms with Gasteiger partial charge < -0.3 is 5.73 Å². The van der Waals surface area contributed by atoms with Crippen LogP contribution in [-0.4, -0.2) is 35.3 Å². The Bertz CT molecular complexity index is 300. The Morgan fingerprint density at radius 3 is 2.28 bits per heavy atom. The Morgan fingerprint density at radius 1 is 1.33 bits per heavy atom. The van der Waals surface area contributed by atoms with Crippen LogP contribution in [0, 0.1) is 5.92 Å². The quantitative estimate of drug-likeness (QED) is 0.346. The van der Waals surface area contributed by atoms with Gasteiger partial charge in [-0.2, -0.15) is 0 Å². The third-order valence-electron chi connectivity index (χ3n) is 3.53. The third-order valence-corrected chi connectivity index (χ3v) is 3.53. The first-order valence-corrected chi connectivity index (χ1v) is 6.51. The first kappa shape index (κ1) is 14.9. The van der Waals surface area contributed by atoms with Crippen LogP contribution in [0.2, 0.25) is 0 Å². The van der Waals surface area contributed by atoms with Crippen LogP contribution in [0.1, 0.15) is 39.5 Å². The number of nitrogens with two attached hydrogens (primary N) is 2. The van der Waals surface area contributed by atoms with Crippen molar-refractivity contribution < 1.29 is 9.59 Å². The molecule has 0 saturated heterocycles. The SMILES string of the molecule is CC(C)C(C(=O)NN)N(CC(N)=O)C1CCCC1. The van der Waals surface area contributed by atoms with Gasteiger partial charge in [0.15, 0.2) is 0 Å². The van der Waals surface area contributed by atoms with Crippen molar-refractivity contribution in [1.29, 1.82) is 0 Å². The number of hydrogen-bond donors (Lipinski definition) is 3. The van der Waals surface area contributed by atoms with Crippen molar-refractivity contribution in [2.75, 3.05) is 6.54 Å². The molecule has 0 aliphatic heterocycles. The molecular weight excluding hydrogens is 232 g/mol. The maximum Gasteiger partial charge on any atom is 0.251 e. The van der Waals surface area contributed by atoms with Crippen LogP contribution in [0.3, 0.4) is 0 Å². The number of carbonyl (C=O) groups excluding carboxylic acids is 2. The molecule has 6 heteroatoms. The second-order valence-electron chi connectivity index (χ2n) is 5.27. The highest BCUT2D eigenvalue weighted by molar-refractivity contribution is 5.83. The van der Waals surface area contributed by atoms with Gasteiger partial charge in [-0.25, -0.2) is 5.84 Å². The maximum absolute atomic E-state index is 11.9. The minimum atomic E-state index is -0.405. The molecular formula is C12H24N4O2. The van der Waals surface area contributed by atoms with E-state index in [1.807, 2.05) is 18.7 Å². The summed E-state index contributed by atoms with van der Waals surface area (Å²) in [6.45, 7) is 4.01. The van der Waals surface area contributed by atoms with E-state index in [-0.39, 0.29) is 24.4 Å². The third kappa shape index (κ3) is 3.68. The molecule has 0 spiro atoms. The number of rotatable bonds is 6. The second-order valence-corrected chi connectivity index (χ2v) is 5.27. The molecule has 6 nitrogen and oxygen atoms in total. The Morgan fingerprint density at radius 2 is 1.89 bits per heavy atom. The van der Waals surface area contributed by atoms with Crippen molar-refractivity contribution in [3.63, 3.8) is 0 Å². The predicted molar refractivity (Wildman–Crippen MR) is 69.1 cm³/mol. The van der Waals surface area contributed by atoms with Gasteiger partial charge >= 0.3 is 0 Å². The number of nitrogens with one attached hydrogen (secondary N) is 1. The zero-order chi connectivity index (χ0) is 13.7. The van der Waals surface area contributed by atoms with Gasteiger partial charge in [-0.3, -0.25) is 19.9 Å². The maximum atomic E-state index is 11.9. The lowest BCUT2D eigenvalue weighted by Gasteiger charge is -2.36. The average Bonchev–Trinajstić information content (AvgIpc) is 2.80. The van der Waals surface area contributed by atoms with E-state index in [1.165, 1.54) is 0 Å². The van der Waals surface area contributed by atoms with Crippen LogP contribution in [0.4, 0.5) is 0 Å². The summed E-state index contributed by atoms with van der Waals surface area (Å²) in [7, 11) is 0. The Balaban J connectivity index is 2.89. The van der Waals surface area contributed by atoms with Crippen molar-refractivity contribution >= 4 is 11.8 Å². The van der Waals surface area contributed by atoms with Crippen LogP contribution >= 0.6 is 0 Å². The molecule has 1 aliphatic rings. The van der Waals surface area contributed by atoms with Gasteiger partial charge in [0.1, 0.15) is 0 Å². The van der Waals surface area contributed by atoms with Crippen molar-refractivity contribution in [2.24, 2.45) is 17.5 Å². The molecule has 0 aromatic carbocycles. The molecule has 0 radical (unpaired) electrons. The van der Waals surface area contributed by atoms with Crippen molar-refractivity contribution in [3.8, 4) is 0 Å². The van der Waals surface area contributed by atoms with E-state index < -0.39 is 11.9 Å². The summed E-state index contributed by atoms with van der Waals surface area (Å²) in [5, 5.41) is 0. The first-order valence-electron chi connectivity index (χ1n) is 6.51. The normalized spacial score (nSPS) is 18.3. The highest BCUT2D eigenvalue weighted by atomic mass is 16.2. The summed E-state index contributed by atoms with van der Waals surface area (Å²) in [5.41, 5.74) is 7.49. The van der Waals surface area contributed by atoms with Gasteiger partial charge in [-0.05, 0) is 18.8 Å². The molecule has 2 amide bonds.